The minimum Gasteiger partial charge on any atom is -0.491 e. The zero-order valence-corrected chi connectivity index (χ0v) is 8.51. The van der Waals surface area contributed by atoms with Crippen LogP contribution in [0.2, 0.25) is 0 Å². The Labute approximate surface area is 82.7 Å². The third-order valence-electron chi connectivity index (χ3n) is 1.56. The van der Waals surface area contributed by atoms with Crippen LogP contribution in [-0.4, -0.2) is 23.6 Å². The molecule has 72 valence electrons. The maximum Gasteiger partial charge on any atom is 0.137 e. The van der Waals surface area contributed by atoms with E-state index in [1.165, 1.54) is 0 Å². The number of hydrogen-bond donors (Lipinski definition) is 1. The molecule has 1 rings (SSSR count). The molecule has 0 radical (unpaired) electrons. The lowest BCUT2D eigenvalue weighted by Crippen LogP contribution is -2.02. The van der Waals surface area contributed by atoms with Crippen molar-refractivity contribution in [1.82, 2.24) is 4.98 Å². The Morgan fingerprint density at radius 2 is 2.38 bits per heavy atom. The molecule has 0 saturated heterocycles. The number of nitrogens with zero attached hydrogens (tertiary/aromatic N) is 1. The maximum absolute atomic E-state index is 5.42. The predicted octanol–water partition coefficient (Wildman–Crippen LogP) is 1.28. The third kappa shape index (κ3) is 3.65. The summed E-state index contributed by atoms with van der Waals surface area (Å²) in [5.41, 5.74) is 6.30. The fraction of sp³-hybridized carbons (Fsp3) is 0.444. The molecule has 0 aliphatic heterocycles. The van der Waals surface area contributed by atoms with Gasteiger partial charge in [-0.2, -0.15) is 11.8 Å². The van der Waals surface area contributed by atoms with Crippen molar-refractivity contribution in [1.29, 1.82) is 0 Å². The van der Waals surface area contributed by atoms with E-state index in [0.29, 0.717) is 6.54 Å². The average molecular weight is 198 g/mol. The lowest BCUT2D eigenvalue weighted by Gasteiger charge is -2.04. The quantitative estimate of drug-likeness (QED) is 0.724. The van der Waals surface area contributed by atoms with Gasteiger partial charge in [0.15, 0.2) is 0 Å². The van der Waals surface area contributed by atoms with Crippen LogP contribution in [0, 0.1) is 0 Å². The fourth-order valence-corrected chi connectivity index (χ4v) is 1.11. The molecule has 0 amide bonds. The van der Waals surface area contributed by atoms with Crippen molar-refractivity contribution in [2.75, 3.05) is 18.6 Å². The van der Waals surface area contributed by atoms with Crippen LogP contribution in [0.4, 0.5) is 0 Å². The maximum atomic E-state index is 5.42. The van der Waals surface area contributed by atoms with Crippen molar-refractivity contribution in [3.8, 4) is 5.75 Å². The van der Waals surface area contributed by atoms with Gasteiger partial charge in [-0.05, 0) is 18.4 Å². The monoisotopic (exact) mass is 198 g/mol. The summed E-state index contributed by atoms with van der Waals surface area (Å²) >= 11 is 1.76. The van der Waals surface area contributed by atoms with Gasteiger partial charge in [0.2, 0.25) is 0 Å². The molecule has 4 heteroatoms. The molecular weight excluding hydrogens is 184 g/mol. The number of thioether (sulfide) groups is 1. The highest BCUT2D eigenvalue weighted by atomic mass is 32.2. The molecule has 1 aromatic heterocycles. The number of rotatable bonds is 5. The summed E-state index contributed by atoms with van der Waals surface area (Å²) in [6.07, 6.45) is 3.77. The Morgan fingerprint density at radius 3 is 2.92 bits per heavy atom. The minimum absolute atomic E-state index is 0.477. The van der Waals surface area contributed by atoms with Crippen LogP contribution >= 0.6 is 11.8 Å². The molecule has 1 heterocycles. The van der Waals surface area contributed by atoms with Gasteiger partial charge in [0.1, 0.15) is 5.75 Å². The second-order valence-corrected chi connectivity index (χ2v) is 3.52. The summed E-state index contributed by atoms with van der Waals surface area (Å²) < 4.78 is 5.42. The van der Waals surface area contributed by atoms with Gasteiger partial charge in [0.25, 0.3) is 0 Å². The first kappa shape index (κ1) is 10.3. The van der Waals surface area contributed by atoms with E-state index in [2.05, 4.69) is 11.2 Å². The second kappa shape index (κ2) is 5.83. The van der Waals surface area contributed by atoms with Crippen LogP contribution in [0.1, 0.15) is 5.69 Å². The van der Waals surface area contributed by atoms with Crippen molar-refractivity contribution >= 4 is 11.8 Å². The average Bonchev–Trinajstić information content (AvgIpc) is 2.19. The predicted molar refractivity (Wildman–Crippen MR) is 56.0 cm³/mol. The van der Waals surface area contributed by atoms with E-state index >= 15 is 0 Å². The Hall–Kier alpha value is -0.740. The van der Waals surface area contributed by atoms with Crippen molar-refractivity contribution in [2.45, 2.75) is 6.54 Å². The largest absolute Gasteiger partial charge is 0.491 e. The highest BCUT2D eigenvalue weighted by Gasteiger charge is 1.94. The molecule has 0 spiro atoms. The Morgan fingerprint density at radius 1 is 1.54 bits per heavy atom. The Balaban J connectivity index is 2.40. The van der Waals surface area contributed by atoms with Gasteiger partial charge in [-0.3, -0.25) is 4.98 Å². The van der Waals surface area contributed by atoms with Crippen molar-refractivity contribution in [3.05, 3.63) is 24.0 Å². The fourth-order valence-electron chi connectivity index (χ4n) is 0.860. The first-order valence-corrected chi connectivity index (χ1v) is 5.53. The summed E-state index contributed by atoms with van der Waals surface area (Å²) in [4.78, 5) is 4.12. The standard InChI is InChI=1S/C9H14N2OS/c1-13-5-4-12-9-3-2-8(6-10)11-7-9/h2-3,7H,4-6,10H2,1H3. The number of nitrogens with two attached hydrogens (primary N) is 1. The summed E-state index contributed by atoms with van der Waals surface area (Å²) in [6.45, 7) is 1.20. The first-order valence-electron chi connectivity index (χ1n) is 4.13. The van der Waals surface area contributed by atoms with Crippen LogP contribution in [0.3, 0.4) is 0 Å². The van der Waals surface area contributed by atoms with E-state index in [9.17, 15) is 0 Å². The number of hydrogen-bond acceptors (Lipinski definition) is 4. The molecule has 3 nitrogen and oxygen atoms in total. The summed E-state index contributed by atoms with van der Waals surface area (Å²) in [7, 11) is 0. The van der Waals surface area contributed by atoms with Crippen LogP contribution < -0.4 is 10.5 Å². The summed E-state index contributed by atoms with van der Waals surface area (Å²) in [5.74, 6) is 1.81. The zero-order chi connectivity index (χ0) is 9.52. The third-order valence-corrected chi connectivity index (χ3v) is 2.14. The Bertz CT molecular complexity index is 238. The smallest absolute Gasteiger partial charge is 0.137 e. The summed E-state index contributed by atoms with van der Waals surface area (Å²) in [5, 5.41) is 0. The molecule has 0 unspecified atom stereocenters. The molecule has 0 bridgehead atoms. The van der Waals surface area contributed by atoms with E-state index in [1.54, 1.807) is 18.0 Å². The van der Waals surface area contributed by atoms with Crippen LogP contribution in [-0.2, 0) is 6.54 Å². The van der Waals surface area contributed by atoms with Gasteiger partial charge in [-0.25, -0.2) is 0 Å². The van der Waals surface area contributed by atoms with E-state index in [0.717, 1.165) is 23.8 Å². The molecule has 0 fully saturated rings. The van der Waals surface area contributed by atoms with Gasteiger partial charge in [-0.15, -0.1) is 0 Å². The SMILES string of the molecule is CSCCOc1ccc(CN)nc1. The van der Waals surface area contributed by atoms with Gasteiger partial charge in [0, 0.05) is 12.3 Å². The lowest BCUT2D eigenvalue weighted by molar-refractivity contribution is 0.342. The molecule has 1 aromatic rings. The molecular formula is C9H14N2OS. The van der Waals surface area contributed by atoms with Crippen LogP contribution in [0.25, 0.3) is 0 Å². The van der Waals surface area contributed by atoms with Gasteiger partial charge in [0.05, 0.1) is 18.5 Å². The van der Waals surface area contributed by atoms with Gasteiger partial charge >= 0.3 is 0 Å². The van der Waals surface area contributed by atoms with Gasteiger partial charge < -0.3 is 10.5 Å². The highest BCUT2D eigenvalue weighted by Crippen LogP contribution is 2.09. The van der Waals surface area contributed by atoms with E-state index in [4.69, 9.17) is 10.5 Å². The van der Waals surface area contributed by atoms with E-state index in [-0.39, 0.29) is 0 Å². The van der Waals surface area contributed by atoms with Crippen LogP contribution in [0.5, 0.6) is 5.75 Å². The number of pyridine rings is 1. The lowest BCUT2D eigenvalue weighted by atomic mass is 10.3. The molecule has 0 aliphatic carbocycles. The normalized spacial score (nSPS) is 10.0. The second-order valence-electron chi connectivity index (χ2n) is 2.53. The van der Waals surface area contributed by atoms with E-state index < -0.39 is 0 Å². The number of aromatic nitrogens is 1. The van der Waals surface area contributed by atoms with Crippen molar-refractivity contribution < 1.29 is 4.74 Å². The van der Waals surface area contributed by atoms with Crippen molar-refractivity contribution in [2.24, 2.45) is 5.73 Å². The molecule has 0 saturated carbocycles. The minimum atomic E-state index is 0.477. The van der Waals surface area contributed by atoms with E-state index in [1.807, 2.05) is 12.1 Å². The summed E-state index contributed by atoms with van der Waals surface area (Å²) in [6, 6.07) is 3.78. The van der Waals surface area contributed by atoms with Gasteiger partial charge in [-0.1, -0.05) is 0 Å². The topological polar surface area (TPSA) is 48.1 Å². The zero-order valence-electron chi connectivity index (χ0n) is 7.69. The van der Waals surface area contributed by atoms with Crippen molar-refractivity contribution in [3.63, 3.8) is 0 Å². The molecule has 2 N–H and O–H groups in total. The highest BCUT2D eigenvalue weighted by molar-refractivity contribution is 7.98. The molecule has 13 heavy (non-hydrogen) atoms. The first-order chi connectivity index (χ1) is 6.36. The molecule has 0 aliphatic rings. The Kier molecular flexibility index (Phi) is 4.64. The van der Waals surface area contributed by atoms with Crippen LogP contribution in [0.15, 0.2) is 18.3 Å². The number of ether oxygens (including phenoxy) is 1. The molecule has 0 aromatic carbocycles. The molecule has 0 atom stereocenters.